The lowest BCUT2D eigenvalue weighted by Gasteiger charge is -2.35. The Kier molecular flexibility index (Phi) is 8.00. The monoisotopic (exact) mass is 363 g/mol. The Morgan fingerprint density at radius 1 is 1.19 bits per heavy atom. The van der Waals surface area contributed by atoms with Crippen molar-refractivity contribution < 1.29 is 9.47 Å². The number of piperazine rings is 1. The van der Waals surface area contributed by atoms with Crippen LogP contribution in [-0.4, -0.2) is 75.8 Å². The van der Waals surface area contributed by atoms with Crippen LogP contribution in [0.3, 0.4) is 0 Å². The molecular formula is C19H33N5O2. The average molecular weight is 364 g/mol. The van der Waals surface area contributed by atoms with Gasteiger partial charge in [-0.1, -0.05) is 13.8 Å². The molecule has 0 spiro atoms. The number of hydrogen-bond acceptors (Lipinski definition) is 5. The van der Waals surface area contributed by atoms with E-state index in [1.54, 1.807) is 14.2 Å². The lowest BCUT2D eigenvalue weighted by molar-refractivity contribution is 0.125. The van der Waals surface area contributed by atoms with E-state index in [2.05, 4.69) is 34.0 Å². The number of aliphatic imine (C=N–C) groups is 1. The second kappa shape index (κ2) is 10.2. The summed E-state index contributed by atoms with van der Waals surface area (Å²) in [6.45, 7) is 11.9. The standard InChI is InChI=1S/C19H33N5O2/c1-5-23-8-10-24(11-9-23)14-15(2)13-21-19(20)22-17-12-16(25-3)6-7-18(17)26-4/h6-7,12,15H,5,8-11,13-14H2,1-4H3,(H3,20,21,22). The van der Waals surface area contributed by atoms with E-state index in [-0.39, 0.29) is 0 Å². The van der Waals surface area contributed by atoms with Crippen LogP contribution >= 0.6 is 0 Å². The molecule has 1 aliphatic heterocycles. The Hall–Kier alpha value is -1.99. The first-order valence-corrected chi connectivity index (χ1v) is 9.29. The van der Waals surface area contributed by atoms with Crippen LogP contribution in [-0.2, 0) is 0 Å². The lowest BCUT2D eigenvalue weighted by atomic mass is 10.1. The van der Waals surface area contributed by atoms with Crippen molar-refractivity contribution >= 4 is 11.6 Å². The number of nitrogens with two attached hydrogens (primary N) is 1. The van der Waals surface area contributed by atoms with Gasteiger partial charge in [0.1, 0.15) is 11.5 Å². The van der Waals surface area contributed by atoms with Crippen molar-refractivity contribution in [2.24, 2.45) is 16.6 Å². The zero-order valence-electron chi connectivity index (χ0n) is 16.5. The van der Waals surface area contributed by atoms with Gasteiger partial charge in [0.15, 0.2) is 5.96 Å². The molecule has 2 rings (SSSR count). The fourth-order valence-corrected chi connectivity index (χ4v) is 3.13. The normalized spacial score (nSPS) is 17.8. The molecule has 7 nitrogen and oxygen atoms in total. The Labute approximate surface area is 157 Å². The van der Waals surface area contributed by atoms with E-state index in [0.717, 1.165) is 50.7 Å². The maximum absolute atomic E-state index is 6.06. The fraction of sp³-hybridized carbons (Fsp3) is 0.632. The highest BCUT2D eigenvalue weighted by molar-refractivity contribution is 5.94. The second-order valence-electron chi connectivity index (χ2n) is 6.76. The van der Waals surface area contributed by atoms with E-state index in [9.17, 15) is 0 Å². The molecule has 0 amide bonds. The molecule has 1 aromatic rings. The number of nitrogens with one attached hydrogen (secondary N) is 1. The zero-order chi connectivity index (χ0) is 18.9. The van der Waals surface area contributed by atoms with Gasteiger partial charge in [0.25, 0.3) is 0 Å². The predicted molar refractivity (Wildman–Crippen MR) is 107 cm³/mol. The maximum atomic E-state index is 6.06. The quantitative estimate of drug-likeness (QED) is 0.541. The Morgan fingerprint density at radius 2 is 1.88 bits per heavy atom. The van der Waals surface area contributed by atoms with Gasteiger partial charge in [-0.05, 0) is 24.6 Å². The molecule has 0 bridgehead atoms. The molecule has 1 atom stereocenters. The first kappa shape index (κ1) is 20.3. The SMILES string of the molecule is CCN1CCN(CC(C)CN=C(N)Nc2cc(OC)ccc2OC)CC1. The number of benzene rings is 1. The van der Waals surface area contributed by atoms with Crippen molar-refractivity contribution in [2.45, 2.75) is 13.8 Å². The minimum Gasteiger partial charge on any atom is -0.497 e. The predicted octanol–water partition coefficient (Wildman–Crippen LogP) is 1.70. The molecule has 7 heteroatoms. The summed E-state index contributed by atoms with van der Waals surface area (Å²) >= 11 is 0. The first-order valence-electron chi connectivity index (χ1n) is 9.29. The van der Waals surface area contributed by atoms with Crippen molar-refractivity contribution in [3.05, 3.63) is 18.2 Å². The molecule has 0 saturated carbocycles. The lowest BCUT2D eigenvalue weighted by Crippen LogP contribution is -2.47. The Morgan fingerprint density at radius 3 is 2.50 bits per heavy atom. The topological polar surface area (TPSA) is 75.4 Å². The van der Waals surface area contributed by atoms with Crippen LogP contribution in [0.5, 0.6) is 11.5 Å². The molecular weight excluding hydrogens is 330 g/mol. The highest BCUT2D eigenvalue weighted by Crippen LogP contribution is 2.28. The van der Waals surface area contributed by atoms with E-state index < -0.39 is 0 Å². The number of guanidine groups is 1. The van der Waals surface area contributed by atoms with Crippen LogP contribution in [0.15, 0.2) is 23.2 Å². The minimum atomic E-state index is 0.388. The molecule has 26 heavy (non-hydrogen) atoms. The van der Waals surface area contributed by atoms with E-state index >= 15 is 0 Å². The van der Waals surface area contributed by atoms with Crippen LogP contribution in [0.4, 0.5) is 5.69 Å². The second-order valence-corrected chi connectivity index (χ2v) is 6.76. The number of rotatable bonds is 8. The van der Waals surface area contributed by atoms with Crippen molar-refractivity contribution in [1.82, 2.24) is 9.80 Å². The maximum Gasteiger partial charge on any atom is 0.193 e. The largest absolute Gasteiger partial charge is 0.497 e. The van der Waals surface area contributed by atoms with E-state index in [1.807, 2.05) is 18.2 Å². The van der Waals surface area contributed by atoms with Gasteiger partial charge < -0.3 is 30.3 Å². The summed E-state index contributed by atoms with van der Waals surface area (Å²) in [5.41, 5.74) is 6.81. The van der Waals surface area contributed by atoms with E-state index in [1.165, 1.54) is 0 Å². The summed E-state index contributed by atoms with van der Waals surface area (Å²) in [6, 6.07) is 5.53. The van der Waals surface area contributed by atoms with Gasteiger partial charge in [0, 0.05) is 45.3 Å². The third kappa shape index (κ3) is 6.07. The number of methoxy groups -OCH3 is 2. The molecule has 1 unspecified atom stereocenters. The number of hydrogen-bond donors (Lipinski definition) is 2. The molecule has 1 aliphatic rings. The number of likely N-dealkylation sites (N-methyl/N-ethyl adjacent to an activating group) is 1. The number of anilines is 1. The summed E-state index contributed by atoms with van der Waals surface area (Å²) in [4.78, 5) is 9.50. The molecule has 0 aliphatic carbocycles. The summed E-state index contributed by atoms with van der Waals surface area (Å²) in [6.07, 6.45) is 0. The van der Waals surface area contributed by atoms with Gasteiger partial charge in [-0.25, -0.2) is 0 Å². The highest BCUT2D eigenvalue weighted by Gasteiger charge is 2.17. The van der Waals surface area contributed by atoms with Gasteiger partial charge >= 0.3 is 0 Å². The van der Waals surface area contributed by atoms with E-state index in [4.69, 9.17) is 15.2 Å². The third-order valence-corrected chi connectivity index (χ3v) is 4.72. The summed E-state index contributed by atoms with van der Waals surface area (Å²) < 4.78 is 10.6. The highest BCUT2D eigenvalue weighted by atomic mass is 16.5. The summed E-state index contributed by atoms with van der Waals surface area (Å²) in [7, 11) is 3.26. The van der Waals surface area contributed by atoms with Crippen LogP contribution in [0, 0.1) is 5.92 Å². The van der Waals surface area contributed by atoms with E-state index in [0.29, 0.717) is 24.2 Å². The average Bonchev–Trinajstić information content (AvgIpc) is 2.67. The van der Waals surface area contributed by atoms with Crippen molar-refractivity contribution in [3.8, 4) is 11.5 Å². The minimum absolute atomic E-state index is 0.388. The molecule has 1 fully saturated rings. The fourth-order valence-electron chi connectivity index (χ4n) is 3.13. The van der Waals surface area contributed by atoms with Gasteiger partial charge in [0.05, 0.1) is 19.9 Å². The molecule has 1 heterocycles. The van der Waals surface area contributed by atoms with Crippen LogP contribution in [0.2, 0.25) is 0 Å². The molecule has 0 aromatic heterocycles. The van der Waals surface area contributed by atoms with Gasteiger partial charge in [-0.3, -0.25) is 4.99 Å². The van der Waals surface area contributed by atoms with Gasteiger partial charge in [-0.15, -0.1) is 0 Å². The zero-order valence-corrected chi connectivity index (χ0v) is 16.5. The van der Waals surface area contributed by atoms with Gasteiger partial charge in [0.2, 0.25) is 0 Å². The molecule has 1 aromatic carbocycles. The van der Waals surface area contributed by atoms with Crippen molar-refractivity contribution in [2.75, 3.05) is 65.3 Å². The Bertz CT molecular complexity index is 585. The van der Waals surface area contributed by atoms with Crippen LogP contribution < -0.4 is 20.5 Å². The van der Waals surface area contributed by atoms with Crippen molar-refractivity contribution in [3.63, 3.8) is 0 Å². The third-order valence-electron chi connectivity index (χ3n) is 4.72. The van der Waals surface area contributed by atoms with Crippen LogP contribution in [0.1, 0.15) is 13.8 Å². The molecule has 0 radical (unpaired) electrons. The van der Waals surface area contributed by atoms with Crippen LogP contribution in [0.25, 0.3) is 0 Å². The van der Waals surface area contributed by atoms with Crippen molar-refractivity contribution in [1.29, 1.82) is 0 Å². The summed E-state index contributed by atoms with van der Waals surface area (Å²) in [5, 5.41) is 3.11. The molecule has 146 valence electrons. The first-order chi connectivity index (χ1) is 12.5. The molecule has 1 saturated heterocycles. The smallest absolute Gasteiger partial charge is 0.193 e. The summed E-state index contributed by atoms with van der Waals surface area (Å²) in [5.74, 6) is 2.28. The number of ether oxygens (including phenoxy) is 2. The molecule has 3 N–H and O–H groups in total. The Balaban J connectivity index is 1.84. The van der Waals surface area contributed by atoms with Gasteiger partial charge in [-0.2, -0.15) is 0 Å². The number of nitrogens with zero attached hydrogens (tertiary/aromatic N) is 3.